The van der Waals surface area contributed by atoms with Crippen LogP contribution in [0.5, 0.6) is 11.8 Å². The van der Waals surface area contributed by atoms with Crippen molar-refractivity contribution in [3.8, 4) is 23.1 Å². The first-order chi connectivity index (χ1) is 20.0. The number of carboxylic acid groups (broad SMARTS) is 2. The molecule has 0 unspecified atom stereocenters. The number of nitrogens with zero attached hydrogens (tertiary/aromatic N) is 2. The molecule has 43 heavy (non-hydrogen) atoms. The van der Waals surface area contributed by atoms with Crippen molar-refractivity contribution < 1.29 is 64.5 Å². The zero-order chi connectivity index (χ0) is 32.0. The zero-order valence-corrected chi connectivity index (χ0v) is 21.6. The molecule has 0 atom stereocenters. The van der Waals surface area contributed by atoms with Crippen LogP contribution in [0.2, 0.25) is 0 Å². The van der Waals surface area contributed by atoms with Gasteiger partial charge in [-0.05, 0) is 37.0 Å². The summed E-state index contributed by atoms with van der Waals surface area (Å²) in [7, 11) is 0. The van der Waals surface area contributed by atoms with E-state index in [1.807, 2.05) is 0 Å². The van der Waals surface area contributed by atoms with E-state index in [2.05, 4.69) is 15.1 Å². The molecule has 2 aliphatic carbocycles. The molecule has 3 aromatic rings. The summed E-state index contributed by atoms with van der Waals surface area (Å²) in [6, 6.07) is 8.16. The fourth-order valence-electron chi connectivity index (χ4n) is 3.59. The van der Waals surface area contributed by atoms with Gasteiger partial charge in [-0.1, -0.05) is 0 Å². The quantitative estimate of drug-likeness (QED) is 0.317. The Morgan fingerprint density at radius 3 is 1.93 bits per heavy atom. The molecule has 18 heteroatoms. The number of hydrogen-bond donors (Lipinski definition) is 3. The van der Waals surface area contributed by atoms with Gasteiger partial charge >= 0.3 is 24.3 Å². The molecule has 0 amide bonds. The predicted molar refractivity (Wildman–Crippen MR) is 129 cm³/mol. The van der Waals surface area contributed by atoms with Crippen LogP contribution in [0.4, 0.5) is 30.7 Å². The van der Waals surface area contributed by atoms with Crippen molar-refractivity contribution in [1.29, 1.82) is 0 Å². The molecule has 0 spiro atoms. The van der Waals surface area contributed by atoms with Crippen molar-refractivity contribution in [2.45, 2.75) is 62.3 Å². The number of nitrogens with one attached hydrogen (secondary N) is 1. The van der Waals surface area contributed by atoms with Crippen LogP contribution in [0.15, 0.2) is 52.0 Å². The minimum Gasteiger partial charge on any atom is -0.475 e. The van der Waals surface area contributed by atoms with Crippen LogP contribution in [0, 0.1) is 0 Å². The van der Waals surface area contributed by atoms with E-state index < -0.39 is 30.0 Å². The Hall–Kier alpha value is -4.64. The van der Waals surface area contributed by atoms with Crippen LogP contribution in [0.25, 0.3) is 11.3 Å². The van der Waals surface area contributed by atoms with Gasteiger partial charge in [-0.15, -0.1) is 0 Å². The first-order valence-electron chi connectivity index (χ1n) is 12.2. The Bertz CT molecular complexity index is 1420. The molecule has 0 aliphatic heterocycles. The van der Waals surface area contributed by atoms with E-state index in [9.17, 15) is 31.1 Å². The number of pyridine rings is 2. The Morgan fingerprint density at radius 1 is 0.907 bits per heavy atom. The third kappa shape index (κ3) is 9.44. The van der Waals surface area contributed by atoms with Crippen molar-refractivity contribution >= 4 is 11.9 Å². The Kier molecular flexibility index (Phi) is 10.0. The number of hydrogen-bond acceptors (Lipinski definition) is 8. The minimum absolute atomic E-state index is 0.208. The molecule has 3 heterocycles. The smallest absolute Gasteiger partial charge is 0.475 e. The summed E-state index contributed by atoms with van der Waals surface area (Å²) in [5, 5.41) is 16.5. The molecule has 2 saturated carbocycles. The number of aromatic nitrogens is 3. The van der Waals surface area contributed by atoms with Gasteiger partial charge < -0.3 is 24.2 Å². The molecule has 0 bridgehead atoms. The van der Waals surface area contributed by atoms with Crippen molar-refractivity contribution in [3.63, 3.8) is 0 Å². The van der Waals surface area contributed by atoms with Crippen LogP contribution in [-0.2, 0) is 15.3 Å². The summed E-state index contributed by atoms with van der Waals surface area (Å²) in [6.07, 6.45) is -3.34. The molecule has 2 fully saturated rings. The van der Waals surface area contributed by atoms with Gasteiger partial charge in [-0.25, -0.2) is 23.9 Å². The number of alkyl halides is 7. The van der Waals surface area contributed by atoms with E-state index in [1.54, 1.807) is 36.7 Å². The van der Waals surface area contributed by atoms with Gasteiger partial charge in [0.05, 0.1) is 6.07 Å². The topological polar surface area (TPSA) is 165 Å². The van der Waals surface area contributed by atoms with Crippen molar-refractivity contribution in [2.24, 2.45) is 0 Å². The maximum atomic E-state index is 15.3. The van der Waals surface area contributed by atoms with E-state index in [1.165, 1.54) is 12.5 Å². The average molecular weight is 625 g/mol. The third-order valence-corrected chi connectivity index (χ3v) is 6.01. The third-order valence-electron chi connectivity index (χ3n) is 6.01. The lowest BCUT2D eigenvalue weighted by atomic mass is 9.74. The Balaban J connectivity index is 0.000000303. The van der Waals surface area contributed by atoms with E-state index in [0.717, 1.165) is 12.8 Å². The lowest BCUT2D eigenvalue weighted by Crippen LogP contribution is -2.44. The van der Waals surface area contributed by atoms with Gasteiger partial charge in [-0.3, -0.25) is 4.79 Å². The largest absolute Gasteiger partial charge is 0.490 e. The highest BCUT2D eigenvalue weighted by Crippen LogP contribution is 2.47. The first-order valence-corrected chi connectivity index (χ1v) is 12.2. The van der Waals surface area contributed by atoms with E-state index in [-0.39, 0.29) is 30.6 Å². The second-order valence-electron chi connectivity index (χ2n) is 9.23. The summed E-state index contributed by atoms with van der Waals surface area (Å²) in [5.41, 5.74) is -0.529. The molecular weight excluding hydrogens is 603 g/mol. The molecule has 2 aliphatic rings. The van der Waals surface area contributed by atoms with Gasteiger partial charge in [0.15, 0.2) is 5.76 Å². The average Bonchev–Trinajstić information content (AvgIpc) is 3.31. The van der Waals surface area contributed by atoms with Crippen LogP contribution in [0.3, 0.4) is 0 Å². The number of aliphatic carboxylic acids is 2. The zero-order valence-electron chi connectivity index (χ0n) is 21.6. The monoisotopic (exact) mass is 625 g/mol. The van der Waals surface area contributed by atoms with E-state index in [4.69, 9.17) is 33.8 Å². The number of carboxylic acids is 2. The molecule has 0 radical (unpaired) electrons. The summed E-state index contributed by atoms with van der Waals surface area (Å²) < 4.78 is 95.3. The number of H-pyrrole nitrogens is 1. The van der Waals surface area contributed by atoms with E-state index >= 15 is 4.39 Å². The maximum Gasteiger partial charge on any atom is 0.490 e. The van der Waals surface area contributed by atoms with Crippen LogP contribution < -0.4 is 15.0 Å². The molecular formula is C25H22F7N3O8. The Morgan fingerprint density at radius 2 is 1.49 bits per heavy atom. The van der Waals surface area contributed by atoms with Crippen LogP contribution >= 0.6 is 0 Å². The van der Waals surface area contributed by atoms with Crippen LogP contribution in [-0.4, -0.2) is 61.8 Å². The SMILES string of the molecule is O=C(O)C(F)(F)F.O=C(O)C(F)(F)F.O=c1cc(-c2ccc(OC3CC(F)(c4ccnc(OC5CCC5)c4)C3)nc2)o[nH]1. The first kappa shape index (κ1) is 32.9. The summed E-state index contributed by atoms with van der Waals surface area (Å²) in [6.45, 7) is 0. The molecule has 0 saturated heterocycles. The van der Waals surface area contributed by atoms with Gasteiger partial charge in [0.2, 0.25) is 11.8 Å². The fourth-order valence-corrected chi connectivity index (χ4v) is 3.59. The molecule has 11 nitrogen and oxygen atoms in total. The standard InChI is InChI=1S/C21H20FN3O4.2C2HF3O2/c22-21(14-6-7-23-20(8-14)27-15-2-1-3-15)10-16(11-21)28-19-5-4-13(12-24-19)17-9-18(26)25-29-17;2*3-2(4,5)1(6)7/h4-9,12,15-16H,1-3,10-11H2,(H,25,26);2*(H,6,7). The molecule has 3 N–H and O–H groups in total. The van der Waals surface area contributed by atoms with Gasteiger partial charge in [0.25, 0.3) is 5.56 Å². The summed E-state index contributed by atoms with van der Waals surface area (Å²) in [5.74, 6) is -4.22. The number of ether oxygens (including phenoxy) is 2. The highest BCUT2D eigenvalue weighted by molar-refractivity contribution is 5.73. The van der Waals surface area contributed by atoms with Crippen LogP contribution in [0.1, 0.15) is 37.7 Å². The molecule has 5 rings (SSSR count). The second-order valence-corrected chi connectivity index (χ2v) is 9.23. The Labute approximate surface area is 236 Å². The number of rotatable bonds is 6. The molecule has 3 aromatic heterocycles. The van der Waals surface area contributed by atoms with Crippen molar-refractivity contribution in [2.75, 3.05) is 0 Å². The van der Waals surface area contributed by atoms with Crippen molar-refractivity contribution in [1.82, 2.24) is 15.1 Å². The predicted octanol–water partition coefficient (Wildman–Crippen LogP) is 5.03. The number of aromatic amines is 1. The molecule has 234 valence electrons. The van der Waals surface area contributed by atoms with Gasteiger partial charge in [0, 0.05) is 42.9 Å². The highest BCUT2D eigenvalue weighted by Gasteiger charge is 2.48. The second kappa shape index (κ2) is 13.1. The summed E-state index contributed by atoms with van der Waals surface area (Å²) >= 11 is 0. The van der Waals surface area contributed by atoms with Gasteiger partial charge in [0.1, 0.15) is 17.9 Å². The summed E-state index contributed by atoms with van der Waals surface area (Å²) in [4.78, 5) is 37.4. The lowest BCUT2D eigenvalue weighted by Gasteiger charge is -2.41. The van der Waals surface area contributed by atoms with E-state index in [0.29, 0.717) is 28.6 Å². The highest BCUT2D eigenvalue weighted by atomic mass is 19.4. The maximum absolute atomic E-state index is 15.3. The lowest BCUT2D eigenvalue weighted by molar-refractivity contribution is -0.193. The molecule has 0 aromatic carbocycles. The minimum atomic E-state index is -5.08. The fraction of sp³-hybridized carbons (Fsp3) is 0.400. The van der Waals surface area contributed by atoms with Gasteiger partial charge in [-0.2, -0.15) is 31.5 Å². The van der Waals surface area contributed by atoms with Crippen molar-refractivity contribution in [3.05, 3.63) is 58.6 Å². The number of carbonyl (C=O) groups is 2. The normalized spacial score (nSPS) is 19.7. The number of halogens is 7.